The van der Waals surface area contributed by atoms with Gasteiger partial charge in [-0.05, 0) is 44.8 Å². The van der Waals surface area contributed by atoms with Crippen molar-refractivity contribution in [2.45, 2.75) is 25.7 Å². The van der Waals surface area contributed by atoms with Crippen molar-refractivity contribution >= 4 is 0 Å². The summed E-state index contributed by atoms with van der Waals surface area (Å²) in [5.74, 6) is 0.984. The molecule has 0 aromatic carbocycles. The lowest BCUT2D eigenvalue weighted by molar-refractivity contribution is 0.302. The zero-order valence-electron chi connectivity index (χ0n) is 6.60. The molecule has 3 N–H and O–H groups in total. The Bertz CT molecular complexity index is 79.3. The van der Waals surface area contributed by atoms with Gasteiger partial charge in [0.15, 0.2) is 0 Å². The maximum absolute atomic E-state index is 5.35. The summed E-state index contributed by atoms with van der Waals surface area (Å²) in [6, 6.07) is 0. The molecule has 2 heteroatoms. The smallest absolute Gasteiger partial charge is 0.00205 e. The van der Waals surface area contributed by atoms with Gasteiger partial charge in [0, 0.05) is 0 Å². The Labute approximate surface area is 63.2 Å². The van der Waals surface area contributed by atoms with Gasteiger partial charge in [-0.1, -0.05) is 6.42 Å². The van der Waals surface area contributed by atoms with E-state index in [2.05, 4.69) is 5.32 Å². The molecule has 1 rings (SSSR count). The van der Waals surface area contributed by atoms with E-state index in [1.54, 1.807) is 0 Å². The van der Waals surface area contributed by atoms with Crippen LogP contribution < -0.4 is 11.1 Å². The molecule has 0 aromatic heterocycles. The van der Waals surface area contributed by atoms with Crippen LogP contribution in [0.3, 0.4) is 0 Å². The molecular formula is C8H18N2. The van der Waals surface area contributed by atoms with Crippen LogP contribution in [0.25, 0.3) is 0 Å². The summed E-state index contributed by atoms with van der Waals surface area (Å²) >= 11 is 0. The number of hydrogen-bond donors (Lipinski definition) is 2. The Kier molecular flexibility index (Phi) is 3.76. The second-order valence-electron chi connectivity index (χ2n) is 3.14. The molecule has 1 fully saturated rings. The van der Waals surface area contributed by atoms with E-state index in [0.29, 0.717) is 0 Å². The number of nitrogens with two attached hydrogens (primary N) is 1. The lowest BCUT2D eigenvalue weighted by Gasteiger charge is -2.25. The highest BCUT2D eigenvalue weighted by Gasteiger charge is 2.15. The van der Waals surface area contributed by atoms with Gasteiger partial charge in [0.1, 0.15) is 0 Å². The second-order valence-corrected chi connectivity index (χ2v) is 3.14. The minimum Gasteiger partial charge on any atom is -0.330 e. The molecule has 0 aromatic rings. The molecule has 0 unspecified atom stereocenters. The fraction of sp³-hybridized carbons (Fsp3) is 1.00. The normalized spacial score (nSPS) is 18.9. The van der Waals surface area contributed by atoms with Crippen LogP contribution in [0.4, 0.5) is 0 Å². The van der Waals surface area contributed by atoms with Crippen LogP contribution in [0.5, 0.6) is 0 Å². The number of rotatable bonds is 5. The molecular weight excluding hydrogens is 124 g/mol. The largest absolute Gasteiger partial charge is 0.330 e. The SMILES string of the molecule is NCCCNCC1CCC1. The number of hydrogen-bond acceptors (Lipinski definition) is 2. The third kappa shape index (κ3) is 2.67. The summed E-state index contributed by atoms with van der Waals surface area (Å²) in [5, 5.41) is 3.41. The van der Waals surface area contributed by atoms with Crippen LogP contribution in [0.15, 0.2) is 0 Å². The van der Waals surface area contributed by atoms with Gasteiger partial charge in [-0.3, -0.25) is 0 Å². The topological polar surface area (TPSA) is 38.0 Å². The summed E-state index contributed by atoms with van der Waals surface area (Å²) in [6.07, 6.45) is 5.45. The van der Waals surface area contributed by atoms with Crippen LogP contribution in [0, 0.1) is 5.92 Å². The highest BCUT2D eigenvalue weighted by Crippen LogP contribution is 2.24. The van der Waals surface area contributed by atoms with Gasteiger partial charge in [0.25, 0.3) is 0 Å². The molecule has 0 amide bonds. The maximum atomic E-state index is 5.35. The van der Waals surface area contributed by atoms with E-state index in [4.69, 9.17) is 5.73 Å². The summed E-state index contributed by atoms with van der Waals surface area (Å²) in [5.41, 5.74) is 5.35. The van der Waals surface area contributed by atoms with E-state index < -0.39 is 0 Å². The average Bonchev–Trinajstić information content (AvgIpc) is 1.84. The molecule has 10 heavy (non-hydrogen) atoms. The molecule has 1 saturated carbocycles. The average molecular weight is 142 g/mol. The van der Waals surface area contributed by atoms with Crippen molar-refractivity contribution in [1.82, 2.24) is 5.32 Å². The first-order valence-corrected chi connectivity index (χ1v) is 4.34. The molecule has 60 valence electrons. The first kappa shape index (κ1) is 8.02. The van der Waals surface area contributed by atoms with Crippen LogP contribution in [0.2, 0.25) is 0 Å². The van der Waals surface area contributed by atoms with Gasteiger partial charge >= 0.3 is 0 Å². The standard InChI is InChI=1S/C8H18N2/c9-5-2-6-10-7-8-3-1-4-8/h8,10H,1-7,9H2. The van der Waals surface area contributed by atoms with Gasteiger partial charge in [-0.2, -0.15) is 0 Å². The first-order valence-electron chi connectivity index (χ1n) is 4.34. The molecule has 2 nitrogen and oxygen atoms in total. The van der Waals surface area contributed by atoms with Gasteiger partial charge in [0.2, 0.25) is 0 Å². The van der Waals surface area contributed by atoms with E-state index >= 15 is 0 Å². The Morgan fingerprint density at radius 3 is 2.70 bits per heavy atom. The predicted molar refractivity (Wildman–Crippen MR) is 43.9 cm³/mol. The monoisotopic (exact) mass is 142 g/mol. The molecule has 0 spiro atoms. The Hall–Kier alpha value is -0.0800. The molecule has 1 aliphatic rings. The predicted octanol–water partition coefficient (Wildman–Crippen LogP) is 0.725. The van der Waals surface area contributed by atoms with Crippen molar-refractivity contribution in [2.75, 3.05) is 19.6 Å². The Morgan fingerprint density at radius 2 is 2.20 bits per heavy atom. The fourth-order valence-electron chi connectivity index (χ4n) is 1.23. The summed E-state index contributed by atoms with van der Waals surface area (Å²) in [6.45, 7) is 3.14. The van der Waals surface area contributed by atoms with E-state index in [-0.39, 0.29) is 0 Å². The fourth-order valence-corrected chi connectivity index (χ4v) is 1.23. The minimum absolute atomic E-state index is 0.817. The van der Waals surface area contributed by atoms with Crippen molar-refractivity contribution in [3.05, 3.63) is 0 Å². The van der Waals surface area contributed by atoms with Crippen molar-refractivity contribution in [2.24, 2.45) is 11.7 Å². The zero-order chi connectivity index (χ0) is 7.23. The van der Waals surface area contributed by atoms with E-state index in [0.717, 1.165) is 25.4 Å². The Balaban J connectivity index is 1.76. The molecule has 0 bridgehead atoms. The lowest BCUT2D eigenvalue weighted by Crippen LogP contribution is -2.28. The summed E-state index contributed by atoms with van der Waals surface area (Å²) < 4.78 is 0. The quantitative estimate of drug-likeness (QED) is 0.555. The van der Waals surface area contributed by atoms with E-state index in [9.17, 15) is 0 Å². The maximum Gasteiger partial charge on any atom is -0.00205 e. The van der Waals surface area contributed by atoms with Gasteiger partial charge in [-0.25, -0.2) is 0 Å². The van der Waals surface area contributed by atoms with Crippen molar-refractivity contribution in [3.8, 4) is 0 Å². The lowest BCUT2D eigenvalue weighted by atomic mass is 9.85. The third-order valence-corrected chi connectivity index (χ3v) is 2.22. The molecule has 0 atom stereocenters. The highest BCUT2D eigenvalue weighted by molar-refractivity contribution is 4.71. The van der Waals surface area contributed by atoms with E-state index in [1.807, 2.05) is 0 Å². The molecule has 1 aliphatic carbocycles. The molecule has 0 aliphatic heterocycles. The van der Waals surface area contributed by atoms with E-state index in [1.165, 1.54) is 25.8 Å². The second kappa shape index (κ2) is 4.69. The molecule has 0 heterocycles. The zero-order valence-corrected chi connectivity index (χ0v) is 6.60. The van der Waals surface area contributed by atoms with Crippen molar-refractivity contribution < 1.29 is 0 Å². The van der Waals surface area contributed by atoms with Crippen molar-refractivity contribution in [3.63, 3.8) is 0 Å². The third-order valence-electron chi connectivity index (χ3n) is 2.22. The first-order chi connectivity index (χ1) is 4.93. The van der Waals surface area contributed by atoms with Crippen LogP contribution in [-0.4, -0.2) is 19.6 Å². The van der Waals surface area contributed by atoms with Crippen LogP contribution in [-0.2, 0) is 0 Å². The van der Waals surface area contributed by atoms with Crippen LogP contribution in [0.1, 0.15) is 25.7 Å². The Morgan fingerprint density at radius 1 is 1.40 bits per heavy atom. The van der Waals surface area contributed by atoms with Gasteiger partial charge < -0.3 is 11.1 Å². The van der Waals surface area contributed by atoms with Gasteiger partial charge in [-0.15, -0.1) is 0 Å². The highest BCUT2D eigenvalue weighted by atomic mass is 14.9. The van der Waals surface area contributed by atoms with Gasteiger partial charge in [0.05, 0.1) is 0 Å². The minimum atomic E-state index is 0.817. The summed E-state index contributed by atoms with van der Waals surface area (Å²) in [7, 11) is 0. The molecule has 0 saturated heterocycles. The summed E-state index contributed by atoms with van der Waals surface area (Å²) in [4.78, 5) is 0. The molecule has 0 radical (unpaired) electrons. The number of nitrogens with one attached hydrogen (secondary N) is 1. The van der Waals surface area contributed by atoms with Crippen molar-refractivity contribution in [1.29, 1.82) is 0 Å². The van der Waals surface area contributed by atoms with Crippen LogP contribution >= 0.6 is 0 Å².